The molecule has 0 amide bonds. The number of phenols is 1. The number of phenolic OH excluding ortho intramolecular Hbond substituents is 1. The van der Waals surface area contributed by atoms with Crippen LogP contribution in [0.1, 0.15) is 5.56 Å². The van der Waals surface area contributed by atoms with E-state index in [-0.39, 0.29) is 31.9 Å². The van der Waals surface area contributed by atoms with E-state index in [1.807, 2.05) is 6.07 Å². The molecule has 2 N–H and O–H groups in total. The number of nitriles is 1. The van der Waals surface area contributed by atoms with E-state index >= 15 is 0 Å². The Labute approximate surface area is 131 Å². The van der Waals surface area contributed by atoms with Crippen LogP contribution in [-0.4, -0.2) is 13.5 Å². The summed E-state index contributed by atoms with van der Waals surface area (Å²) in [6, 6.07) is 9.63. The number of hydrogen-bond acceptors (Lipinski definition) is 4. The summed E-state index contributed by atoms with van der Waals surface area (Å²) in [5.41, 5.74) is 0.333. The lowest BCUT2D eigenvalue weighted by Crippen LogP contribution is -2.13. The highest BCUT2D eigenvalue weighted by molar-refractivity contribution is 7.92. The molecule has 0 spiro atoms. The summed E-state index contributed by atoms with van der Waals surface area (Å²) in [4.78, 5) is -0.215. The monoisotopic (exact) mass is 342 g/mol. The normalized spacial score (nSPS) is 10.9. The summed E-state index contributed by atoms with van der Waals surface area (Å²) >= 11 is 11.6. The fourth-order valence-corrected chi connectivity index (χ4v) is 3.32. The third kappa shape index (κ3) is 3.39. The SMILES string of the molecule is N#Cc1ccc(Cl)c(S(=O)(=O)Nc2ccc(O)c(Cl)c2)c1. The van der Waals surface area contributed by atoms with Gasteiger partial charge in [-0.1, -0.05) is 23.2 Å². The summed E-state index contributed by atoms with van der Waals surface area (Å²) in [7, 11) is -3.98. The molecule has 0 unspecified atom stereocenters. The van der Waals surface area contributed by atoms with Crippen LogP contribution in [0.5, 0.6) is 5.75 Å². The van der Waals surface area contributed by atoms with Crippen molar-refractivity contribution >= 4 is 38.9 Å². The van der Waals surface area contributed by atoms with Crippen LogP contribution in [-0.2, 0) is 10.0 Å². The predicted octanol–water partition coefficient (Wildman–Crippen LogP) is 3.37. The second-order valence-corrected chi connectivity index (χ2v) is 6.49. The molecule has 2 aromatic rings. The van der Waals surface area contributed by atoms with Crippen molar-refractivity contribution in [1.82, 2.24) is 0 Å². The zero-order chi connectivity index (χ0) is 15.6. The van der Waals surface area contributed by atoms with Crippen molar-refractivity contribution in [2.75, 3.05) is 4.72 Å². The van der Waals surface area contributed by atoms with Gasteiger partial charge in [0.25, 0.3) is 10.0 Å². The van der Waals surface area contributed by atoms with Crippen molar-refractivity contribution in [2.24, 2.45) is 0 Å². The van der Waals surface area contributed by atoms with E-state index < -0.39 is 10.0 Å². The minimum atomic E-state index is -3.98. The second-order valence-electron chi connectivity index (χ2n) is 4.03. The van der Waals surface area contributed by atoms with Crippen molar-refractivity contribution in [3.05, 3.63) is 52.0 Å². The Morgan fingerprint density at radius 2 is 1.81 bits per heavy atom. The molecule has 0 aliphatic rings. The standard InChI is InChI=1S/C13H8Cl2N2O3S/c14-10-3-1-8(7-16)5-13(10)21(19,20)17-9-2-4-12(18)11(15)6-9/h1-6,17-18H. The smallest absolute Gasteiger partial charge is 0.263 e. The lowest BCUT2D eigenvalue weighted by atomic mass is 10.2. The maximum atomic E-state index is 12.3. The number of nitrogens with one attached hydrogen (secondary N) is 1. The van der Waals surface area contributed by atoms with Crippen LogP contribution in [0, 0.1) is 11.3 Å². The van der Waals surface area contributed by atoms with E-state index in [0.717, 1.165) is 0 Å². The molecule has 2 rings (SSSR count). The molecule has 2 aromatic carbocycles. The number of benzene rings is 2. The molecule has 8 heteroatoms. The third-order valence-electron chi connectivity index (χ3n) is 2.55. The van der Waals surface area contributed by atoms with E-state index in [4.69, 9.17) is 28.5 Å². The Kier molecular flexibility index (Phi) is 4.28. The Bertz CT molecular complexity index is 845. The van der Waals surface area contributed by atoms with Gasteiger partial charge in [0.1, 0.15) is 10.6 Å². The first-order valence-corrected chi connectivity index (χ1v) is 7.78. The van der Waals surface area contributed by atoms with Crippen molar-refractivity contribution in [3.63, 3.8) is 0 Å². The van der Waals surface area contributed by atoms with E-state index in [0.29, 0.717) is 0 Å². The van der Waals surface area contributed by atoms with E-state index in [1.54, 1.807) is 0 Å². The van der Waals surface area contributed by atoms with Crippen LogP contribution in [0.4, 0.5) is 5.69 Å². The zero-order valence-corrected chi connectivity index (χ0v) is 12.7. The first-order chi connectivity index (χ1) is 9.83. The number of sulfonamides is 1. The van der Waals surface area contributed by atoms with Gasteiger partial charge in [-0.2, -0.15) is 5.26 Å². The molecule has 0 aliphatic carbocycles. The predicted molar refractivity (Wildman–Crippen MR) is 80.1 cm³/mol. The molecule has 0 saturated heterocycles. The number of nitrogens with zero attached hydrogens (tertiary/aromatic N) is 1. The fraction of sp³-hybridized carbons (Fsp3) is 0. The molecule has 21 heavy (non-hydrogen) atoms. The number of anilines is 1. The van der Waals surface area contributed by atoms with Crippen molar-refractivity contribution in [2.45, 2.75) is 4.90 Å². The fourth-order valence-electron chi connectivity index (χ4n) is 1.56. The van der Waals surface area contributed by atoms with Crippen molar-refractivity contribution < 1.29 is 13.5 Å². The summed E-state index contributed by atoms with van der Waals surface area (Å²) in [5, 5.41) is 18.1. The Morgan fingerprint density at radius 3 is 2.43 bits per heavy atom. The number of rotatable bonds is 3. The van der Waals surface area contributed by atoms with E-state index in [9.17, 15) is 13.5 Å². The first kappa shape index (κ1) is 15.4. The number of aromatic hydroxyl groups is 1. The van der Waals surface area contributed by atoms with Gasteiger partial charge in [-0.3, -0.25) is 4.72 Å². The average Bonchev–Trinajstić information content (AvgIpc) is 2.43. The van der Waals surface area contributed by atoms with Gasteiger partial charge in [-0.15, -0.1) is 0 Å². The zero-order valence-electron chi connectivity index (χ0n) is 10.3. The van der Waals surface area contributed by atoms with Gasteiger partial charge in [0.05, 0.1) is 27.4 Å². The van der Waals surface area contributed by atoms with Crippen LogP contribution in [0.25, 0.3) is 0 Å². The van der Waals surface area contributed by atoms with Crippen LogP contribution in [0.2, 0.25) is 10.0 Å². The van der Waals surface area contributed by atoms with Gasteiger partial charge in [0, 0.05) is 0 Å². The molecule has 0 aromatic heterocycles. The van der Waals surface area contributed by atoms with Crippen molar-refractivity contribution in [1.29, 1.82) is 5.26 Å². The molecular weight excluding hydrogens is 335 g/mol. The molecule has 0 atom stereocenters. The van der Waals surface area contributed by atoms with Gasteiger partial charge in [-0.25, -0.2) is 8.42 Å². The minimum absolute atomic E-state index is 0.00655. The van der Waals surface area contributed by atoms with Gasteiger partial charge in [0.15, 0.2) is 0 Å². The molecule has 0 aliphatic heterocycles. The molecule has 0 saturated carbocycles. The summed E-state index contributed by atoms with van der Waals surface area (Å²) < 4.78 is 26.8. The lowest BCUT2D eigenvalue weighted by Gasteiger charge is -2.10. The van der Waals surface area contributed by atoms with Crippen molar-refractivity contribution in [3.8, 4) is 11.8 Å². The molecule has 108 valence electrons. The molecular formula is C13H8Cl2N2O3S. The Hall–Kier alpha value is -1.94. The number of halogens is 2. The van der Waals surface area contributed by atoms with Gasteiger partial charge >= 0.3 is 0 Å². The maximum absolute atomic E-state index is 12.3. The van der Waals surface area contributed by atoms with Gasteiger partial charge in [0.2, 0.25) is 0 Å². The second kappa shape index (κ2) is 5.82. The highest BCUT2D eigenvalue weighted by atomic mass is 35.5. The minimum Gasteiger partial charge on any atom is -0.506 e. The summed E-state index contributed by atoms with van der Waals surface area (Å²) in [6.45, 7) is 0. The average molecular weight is 343 g/mol. The van der Waals surface area contributed by atoms with Gasteiger partial charge in [-0.05, 0) is 36.4 Å². The van der Waals surface area contributed by atoms with Crippen LogP contribution in [0.3, 0.4) is 0 Å². The van der Waals surface area contributed by atoms with Crippen LogP contribution in [0.15, 0.2) is 41.3 Å². The largest absolute Gasteiger partial charge is 0.506 e. The van der Waals surface area contributed by atoms with E-state index in [2.05, 4.69) is 4.72 Å². The highest BCUT2D eigenvalue weighted by Crippen LogP contribution is 2.29. The molecule has 0 heterocycles. The quantitative estimate of drug-likeness (QED) is 0.836. The third-order valence-corrected chi connectivity index (χ3v) is 4.72. The van der Waals surface area contributed by atoms with E-state index in [1.165, 1.54) is 36.4 Å². The first-order valence-electron chi connectivity index (χ1n) is 5.54. The lowest BCUT2D eigenvalue weighted by molar-refractivity contribution is 0.475. The van der Waals surface area contributed by atoms with Crippen LogP contribution < -0.4 is 4.72 Å². The highest BCUT2D eigenvalue weighted by Gasteiger charge is 2.19. The topological polar surface area (TPSA) is 90.2 Å². The molecule has 0 fully saturated rings. The van der Waals surface area contributed by atoms with Gasteiger partial charge < -0.3 is 5.11 Å². The summed E-state index contributed by atoms with van der Waals surface area (Å²) in [5.74, 6) is -0.163. The molecule has 0 radical (unpaired) electrons. The number of hydrogen-bond donors (Lipinski definition) is 2. The molecule has 5 nitrogen and oxygen atoms in total. The Balaban J connectivity index is 2.43. The van der Waals surface area contributed by atoms with Crippen LogP contribution >= 0.6 is 23.2 Å². The summed E-state index contributed by atoms with van der Waals surface area (Å²) in [6.07, 6.45) is 0. The molecule has 0 bridgehead atoms. The maximum Gasteiger partial charge on any atom is 0.263 e. The Morgan fingerprint density at radius 1 is 1.10 bits per heavy atom.